The van der Waals surface area contributed by atoms with Gasteiger partial charge < -0.3 is 27.9 Å². The van der Waals surface area contributed by atoms with Crippen LogP contribution < -0.4 is 0 Å². The van der Waals surface area contributed by atoms with Crippen molar-refractivity contribution in [1.82, 2.24) is 22.8 Å². The molecule has 0 spiro atoms. The first-order valence-corrected chi connectivity index (χ1v) is 21.4. The third kappa shape index (κ3) is 13.0. The highest BCUT2D eigenvalue weighted by Gasteiger charge is 2.17. The topological polar surface area (TPSA) is 130 Å². The van der Waals surface area contributed by atoms with Crippen molar-refractivity contribution in [1.29, 1.82) is 0 Å². The number of carboxylic acids is 1. The molecule has 0 radical (unpaired) electrons. The van der Waals surface area contributed by atoms with Gasteiger partial charge in [-0.2, -0.15) is 19.2 Å². The first kappa shape index (κ1) is 46.6. The molecule has 11 heteroatoms. The van der Waals surface area contributed by atoms with Crippen molar-refractivity contribution in [3.8, 4) is 0 Å². The molecule has 9 aromatic rings. The summed E-state index contributed by atoms with van der Waals surface area (Å²) in [5, 5.41) is 14.7. The van der Waals surface area contributed by atoms with E-state index < -0.39 is 12.0 Å². The van der Waals surface area contributed by atoms with E-state index in [-0.39, 0.29) is 12.3 Å². The first-order chi connectivity index (χ1) is 30.9. The third-order valence-corrected chi connectivity index (χ3v) is 10.9. The van der Waals surface area contributed by atoms with E-state index in [2.05, 4.69) is 147 Å². The van der Waals surface area contributed by atoms with E-state index in [1.165, 1.54) is 69.3 Å². The van der Waals surface area contributed by atoms with E-state index >= 15 is 0 Å². The summed E-state index contributed by atoms with van der Waals surface area (Å²) in [6.45, 7) is 6.42. The summed E-state index contributed by atoms with van der Waals surface area (Å²) in [5.41, 5.74) is 5.41. The SMILES string of the molecule is CCCn1cccc1.O=C(O)[C@H](CCCCn1cccc1)n1cccc1.O=C=O.O=C=O.c1ccc2c(c1)c1ccccc1n2CCCCCn1c2ccccc2c2ccccc21. The van der Waals surface area contributed by atoms with Crippen LogP contribution in [0.3, 0.4) is 0 Å². The second-order valence-corrected chi connectivity index (χ2v) is 14.9. The molecular formula is C52H55N5O6. The molecule has 1 atom stereocenters. The maximum atomic E-state index is 11.2. The van der Waals surface area contributed by atoms with Crippen molar-refractivity contribution in [3.05, 3.63) is 171 Å². The highest BCUT2D eigenvalue weighted by Crippen LogP contribution is 2.31. The fourth-order valence-electron chi connectivity index (χ4n) is 8.09. The fraction of sp³-hybridized carbons (Fsp3) is 0.250. The Bertz CT molecular complexity index is 2530. The van der Waals surface area contributed by atoms with Crippen LogP contribution in [0.5, 0.6) is 0 Å². The molecule has 0 saturated carbocycles. The molecule has 0 unspecified atom stereocenters. The van der Waals surface area contributed by atoms with Gasteiger partial charge in [-0.05, 0) is 106 Å². The zero-order chi connectivity index (χ0) is 44.7. The Morgan fingerprint density at radius 1 is 0.460 bits per heavy atom. The molecule has 1 N–H and O–H groups in total. The summed E-state index contributed by atoms with van der Waals surface area (Å²) in [4.78, 5) is 43.7. The number of carbonyl (C=O) groups excluding carboxylic acids is 4. The number of hydrogen-bond acceptors (Lipinski definition) is 5. The minimum Gasteiger partial charge on any atom is -0.480 e. The predicted molar refractivity (Wildman–Crippen MR) is 247 cm³/mol. The molecule has 5 aromatic heterocycles. The zero-order valence-corrected chi connectivity index (χ0v) is 35.7. The number of fused-ring (bicyclic) bond motifs is 6. The summed E-state index contributed by atoms with van der Waals surface area (Å²) in [6.07, 6.45) is 19.8. The second-order valence-electron chi connectivity index (χ2n) is 14.9. The van der Waals surface area contributed by atoms with Gasteiger partial charge in [0.1, 0.15) is 6.04 Å². The molecule has 5 heterocycles. The molecule has 0 aliphatic rings. The van der Waals surface area contributed by atoms with Crippen LogP contribution in [-0.4, -0.2) is 46.2 Å². The molecule has 11 nitrogen and oxygen atoms in total. The molecule has 0 fully saturated rings. The third-order valence-electron chi connectivity index (χ3n) is 10.9. The molecule has 0 aliphatic heterocycles. The molecule has 0 bridgehead atoms. The number of carboxylic acid groups (broad SMARTS) is 1. The Kier molecular flexibility index (Phi) is 18.8. The number of aryl methyl sites for hydroxylation is 4. The molecule has 9 rings (SSSR count). The van der Waals surface area contributed by atoms with Crippen LogP contribution in [-0.2, 0) is 50.2 Å². The smallest absolute Gasteiger partial charge is 0.373 e. The number of carbonyl (C=O) groups is 1. The quantitative estimate of drug-likeness (QED) is 0.102. The number of aromatic nitrogens is 5. The zero-order valence-electron chi connectivity index (χ0n) is 35.7. The largest absolute Gasteiger partial charge is 0.480 e. The summed E-state index contributed by atoms with van der Waals surface area (Å²) < 4.78 is 11.1. The average molecular weight is 846 g/mol. The lowest BCUT2D eigenvalue weighted by atomic mass is 10.1. The Balaban J connectivity index is 0.000000196. The van der Waals surface area contributed by atoms with Gasteiger partial charge in [0.25, 0.3) is 0 Å². The monoisotopic (exact) mass is 845 g/mol. The van der Waals surface area contributed by atoms with Gasteiger partial charge in [-0.15, -0.1) is 0 Å². The maximum absolute atomic E-state index is 11.2. The summed E-state index contributed by atoms with van der Waals surface area (Å²) in [7, 11) is 0. The van der Waals surface area contributed by atoms with E-state index in [1.54, 1.807) is 4.57 Å². The van der Waals surface area contributed by atoms with Crippen LogP contribution in [0, 0.1) is 0 Å². The predicted octanol–water partition coefficient (Wildman–Crippen LogP) is 11.3. The van der Waals surface area contributed by atoms with Crippen molar-refractivity contribution in [2.24, 2.45) is 0 Å². The summed E-state index contributed by atoms with van der Waals surface area (Å²) in [5.74, 6) is -0.757. The van der Waals surface area contributed by atoms with Crippen molar-refractivity contribution < 1.29 is 29.1 Å². The average Bonchev–Trinajstić information content (AvgIpc) is 4.18. The van der Waals surface area contributed by atoms with Crippen LogP contribution in [0.2, 0.25) is 0 Å². The fourth-order valence-corrected chi connectivity index (χ4v) is 8.09. The minimum absolute atomic E-state index is 0.250. The summed E-state index contributed by atoms with van der Waals surface area (Å²) >= 11 is 0. The lowest BCUT2D eigenvalue weighted by molar-refractivity contribution is -0.193. The number of unbranched alkanes of at least 4 members (excludes halogenated alkanes) is 3. The van der Waals surface area contributed by atoms with E-state index in [4.69, 9.17) is 19.2 Å². The van der Waals surface area contributed by atoms with Gasteiger partial charge in [-0.1, -0.05) is 79.7 Å². The Morgan fingerprint density at radius 3 is 1.16 bits per heavy atom. The van der Waals surface area contributed by atoms with Gasteiger partial charge >= 0.3 is 18.3 Å². The molecule has 324 valence electrons. The summed E-state index contributed by atoms with van der Waals surface area (Å²) in [6, 6.07) is 46.6. The van der Waals surface area contributed by atoms with Crippen molar-refractivity contribution in [2.75, 3.05) is 0 Å². The highest BCUT2D eigenvalue weighted by atomic mass is 16.4. The molecule has 0 amide bonds. The van der Waals surface area contributed by atoms with Gasteiger partial charge in [0.15, 0.2) is 0 Å². The van der Waals surface area contributed by atoms with Crippen LogP contribution >= 0.6 is 0 Å². The number of rotatable bonds is 15. The first-order valence-electron chi connectivity index (χ1n) is 21.4. The van der Waals surface area contributed by atoms with Crippen molar-refractivity contribution >= 4 is 61.9 Å². The number of para-hydroxylation sites is 4. The van der Waals surface area contributed by atoms with Gasteiger partial charge in [0, 0.05) is 107 Å². The lowest BCUT2D eigenvalue weighted by Crippen LogP contribution is -2.17. The molecule has 63 heavy (non-hydrogen) atoms. The molecule has 0 saturated heterocycles. The Morgan fingerprint density at radius 2 is 0.794 bits per heavy atom. The Labute approximate surface area is 367 Å². The lowest BCUT2D eigenvalue weighted by Gasteiger charge is -2.14. The van der Waals surface area contributed by atoms with Gasteiger partial charge in [-0.25, -0.2) is 4.79 Å². The molecule has 4 aromatic carbocycles. The Hall–Kier alpha value is -7.45. The second kappa shape index (κ2) is 25.4. The number of benzene rings is 4. The van der Waals surface area contributed by atoms with Gasteiger partial charge in [0.05, 0.1) is 0 Å². The van der Waals surface area contributed by atoms with E-state index in [1.807, 2.05) is 49.1 Å². The maximum Gasteiger partial charge on any atom is 0.373 e. The molecule has 0 aliphatic carbocycles. The molecular weight excluding hydrogens is 791 g/mol. The van der Waals surface area contributed by atoms with E-state index in [0.29, 0.717) is 6.42 Å². The van der Waals surface area contributed by atoms with Gasteiger partial charge in [-0.3, -0.25) is 0 Å². The van der Waals surface area contributed by atoms with Crippen LogP contribution in [0.25, 0.3) is 43.6 Å². The van der Waals surface area contributed by atoms with Gasteiger partial charge in [0.2, 0.25) is 0 Å². The highest BCUT2D eigenvalue weighted by molar-refractivity contribution is 6.08. The van der Waals surface area contributed by atoms with E-state index in [0.717, 1.165) is 39.0 Å². The normalized spacial score (nSPS) is 10.9. The number of hydrogen-bond donors (Lipinski definition) is 1. The van der Waals surface area contributed by atoms with Crippen LogP contribution in [0.4, 0.5) is 0 Å². The minimum atomic E-state index is -0.757. The number of nitrogens with zero attached hydrogens (tertiary/aromatic N) is 5. The van der Waals surface area contributed by atoms with Crippen molar-refractivity contribution in [2.45, 2.75) is 84.1 Å². The van der Waals surface area contributed by atoms with E-state index in [9.17, 15) is 9.90 Å². The standard InChI is InChI=1S/C29H26N2.C14H18N2O2.C7H11N.2CO2/c1(10-20-30-26-16-6-2-12-22(26)23-13-3-7-17-27(23)30)11-21-31-28-18-8-4-14-24(28)25-15-5-9-19-29(25)31;17-14(18)13(16-11-5-6-12-16)7-1-2-8-15-9-3-4-10-15;1-2-5-8-6-3-4-7-8;2*2-1-3/h2-9,12-19H,1,10-11,20-21H2;3-6,9-13H,1-2,7-8H2,(H,17,18);3-4,6-7H,2,5H2,1H3;;/t;13-;;;/m.0.../s1. The van der Waals surface area contributed by atoms with Crippen LogP contribution in [0.15, 0.2) is 171 Å². The van der Waals surface area contributed by atoms with Crippen molar-refractivity contribution in [3.63, 3.8) is 0 Å². The number of aliphatic carboxylic acids is 1. The van der Waals surface area contributed by atoms with Crippen LogP contribution in [0.1, 0.15) is 57.9 Å².